The van der Waals surface area contributed by atoms with Gasteiger partial charge in [0.1, 0.15) is 17.2 Å². The number of methoxy groups -OCH3 is 2. The van der Waals surface area contributed by atoms with Crippen molar-refractivity contribution in [1.82, 2.24) is 5.01 Å². The first-order chi connectivity index (χ1) is 15.2. The van der Waals surface area contributed by atoms with E-state index in [0.717, 1.165) is 28.3 Å². The third kappa shape index (κ3) is 3.40. The normalized spacial score (nSPS) is 19.0. The fraction of sp³-hybridized carbons (Fsp3) is 0.200. The van der Waals surface area contributed by atoms with Gasteiger partial charge in [-0.15, -0.1) is 0 Å². The molecule has 0 saturated carbocycles. The van der Waals surface area contributed by atoms with Crippen LogP contribution in [0.5, 0.6) is 17.2 Å². The van der Waals surface area contributed by atoms with Crippen molar-refractivity contribution in [1.29, 1.82) is 0 Å². The van der Waals surface area contributed by atoms with Crippen LogP contribution in [0.25, 0.3) is 0 Å². The van der Waals surface area contributed by atoms with Crippen LogP contribution in [0.15, 0.2) is 77.9 Å². The number of benzene rings is 3. The minimum Gasteiger partial charge on any atom is -0.497 e. The zero-order valence-corrected chi connectivity index (χ0v) is 17.3. The summed E-state index contributed by atoms with van der Waals surface area (Å²) < 4.78 is 16.6. The minimum atomic E-state index is -0.830. The maximum absolute atomic E-state index is 13.4. The van der Waals surface area contributed by atoms with Gasteiger partial charge in [0.2, 0.25) is 5.78 Å². The molecule has 2 heterocycles. The van der Waals surface area contributed by atoms with E-state index in [4.69, 9.17) is 19.3 Å². The Morgan fingerprint density at radius 3 is 2.26 bits per heavy atom. The molecule has 2 atom stereocenters. The van der Waals surface area contributed by atoms with E-state index in [1.165, 1.54) is 0 Å². The minimum absolute atomic E-state index is 0.0609. The summed E-state index contributed by atoms with van der Waals surface area (Å²) in [6.07, 6.45) is -0.136. The van der Waals surface area contributed by atoms with Crippen LogP contribution in [0, 0.1) is 0 Å². The number of nitrogens with zero attached hydrogens (tertiary/aromatic N) is 2. The highest BCUT2D eigenvalue weighted by atomic mass is 16.5. The van der Waals surface area contributed by atoms with E-state index in [1.54, 1.807) is 43.5 Å². The van der Waals surface area contributed by atoms with Gasteiger partial charge in [0, 0.05) is 17.5 Å². The van der Waals surface area contributed by atoms with Gasteiger partial charge in [-0.25, -0.2) is 5.01 Å². The van der Waals surface area contributed by atoms with E-state index in [-0.39, 0.29) is 11.8 Å². The van der Waals surface area contributed by atoms with Crippen LogP contribution in [-0.2, 0) is 0 Å². The molecule has 0 spiro atoms. The SMILES string of the molecule is COc1ccc(C(=O)C2Oc3ccccc3C3CC(c4ccc(OC)cc4)=NN23)cc1. The van der Waals surface area contributed by atoms with Crippen LogP contribution in [0.1, 0.15) is 33.9 Å². The van der Waals surface area contributed by atoms with Crippen LogP contribution in [0.4, 0.5) is 0 Å². The molecule has 0 aliphatic carbocycles. The highest BCUT2D eigenvalue weighted by Gasteiger charge is 2.43. The Morgan fingerprint density at radius 2 is 1.58 bits per heavy atom. The number of carbonyl (C=O) groups excluding carboxylic acids is 1. The predicted molar refractivity (Wildman–Crippen MR) is 117 cm³/mol. The van der Waals surface area contributed by atoms with Gasteiger partial charge in [0.25, 0.3) is 6.23 Å². The molecule has 0 bridgehead atoms. The summed E-state index contributed by atoms with van der Waals surface area (Å²) in [6.45, 7) is 0. The molecule has 6 heteroatoms. The van der Waals surface area contributed by atoms with Gasteiger partial charge in [-0.1, -0.05) is 18.2 Å². The summed E-state index contributed by atoms with van der Waals surface area (Å²) in [5.74, 6) is 2.08. The number of Topliss-reactive ketones (excluding diaryl/α,β-unsaturated/α-hetero) is 1. The van der Waals surface area contributed by atoms with Gasteiger partial charge in [0.05, 0.1) is 26.0 Å². The van der Waals surface area contributed by atoms with Crippen molar-refractivity contribution in [2.24, 2.45) is 5.10 Å². The Bertz CT molecular complexity index is 1140. The van der Waals surface area contributed by atoms with E-state index in [9.17, 15) is 4.79 Å². The van der Waals surface area contributed by atoms with Crippen molar-refractivity contribution in [3.05, 3.63) is 89.5 Å². The highest BCUT2D eigenvalue weighted by Crippen LogP contribution is 2.43. The Balaban J connectivity index is 1.51. The van der Waals surface area contributed by atoms with Crippen molar-refractivity contribution < 1.29 is 19.0 Å². The predicted octanol–water partition coefficient (Wildman–Crippen LogP) is 4.46. The summed E-state index contributed by atoms with van der Waals surface area (Å²) in [4.78, 5) is 13.4. The average molecular weight is 414 g/mol. The number of para-hydroxylation sites is 1. The third-order valence-electron chi connectivity index (χ3n) is 5.72. The first-order valence-electron chi connectivity index (χ1n) is 10.1. The van der Waals surface area contributed by atoms with Crippen LogP contribution >= 0.6 is 0 Å². The monoisotopic (exact) mass is 414 g/mol. The molecule has 0 N–H and O–H groups in total. The van der Waals surface area contributed by atoms with E-state index < -0.39 is 6.23 Å². The largest absolute Gasteiger partial charge is 0.497 e. The molecule has 6 nitrogen and oxygen atoms in total. The lowest BCUT2D eigenvalue weighted by Crippen LogP contribution is -2.45. The van der Waals surface area contributed by atoms with Crippen molar-refractivity contribution in [3.8, 4) is 17.2 Å². The van der Waals surface area contributed by atoms with Crippen LogP contribution < -0.4 is 14.2 Å². The molecule has 2 aliphatic heterocycles. The number of rotatable bonds is 5. The number of ketones is 1. The van der Waals surface area contributed by atoms with Crippen molar-refractivity contribution in [2.75, 3.05) is 14.2 Å². The molecule has 3 aromatic carbocycles. The Hall–Kier alpha value is -3.80. The molecule has 2 unspecified atom stereocenters. The lowest BCUT2D eigenvalue weighted by atomic mass is 9.96. The molecule has 0 amide bonds. The molecular formula is C25H22N2O4. The molecule has 2 aliphatic rings. The number of hydrogen-bond acceptors (Lipinski definition) is 6. The van der Waals surface area contributed by atoms with E-state index in [1.807, 2.05) is 48.5 Å². The standard InChI is InChI=1S/C25H22N2O4/c1-29-18-11-7-16(8-12-18)21-15-22-20-5-3-4-6-23(20)31-25(27(22)26-21)24(28)17-9-13-19(30-2)14-10-17/h3-14,22,25H,15H2,1-2H3. The fourth-order valence-corrected chi connectivity index (χ4v) is 4.06. The second-order valence-corrected chi connectivity index (χ2v) is 7.48. The first-order valence-corrected chi connectivity index (χ1v) is 10.1. The molecule has 0 radical (unpaired) electrons. The van der Waals surface area contributed by atoms with E-state index in [0.29, 0.717) is 17.7 Å². The Labute approximate surface area is 180 Å². The smallest absolute Gasteiger partial charge is 0.251 e. The highest BCUT2D eigenvalue weighted by molar-refractivity contribution is 6.03. The first kappa shape index (κ1) is 19.2. The van der Waals surface area contributed by atoms with Gasteiger partial charge in [-0.05, 0) is 60.2 Å². The molecule has 31 heavy (non-hydrogen) atoms. The molecule has 156 valence electrons. The maximum Gasteiger partial charge on any atom is 0.251 e. The van der Waals surface area contributed by atoms with Gasteiger partial charge >= 0.3 is 0 Å². The van der Waals surface area contributed by atoms with E-state index in [2.05, 4.69) is 0 Å². The maximum atomic E-state index is 13.4. The van der Waals surface area contributed by atoms with Crippen LogP contribution in [0.3, 0.4) is 0 Å². The lowest BCUT2D eigenvalue weighted by Gasteiger charge is -2.37. The average Bonchev–Trinajstić information content (AvgIpc) is 3.29. The fourth-order valence-electron chi connectivity index (χ4n) is 4.06. The summed E-state index contributed by atoms with van der Waals surface area (Å²) in [7, 11) is 3.24. The zero-order chi connectivity index (χ0) is 21.4. The lowest BCUT2D eigenvalue weighted by molar-refractivity contribution is -0.00455. The van der Waals surface area contributed by atoms with Crippen LogP contribution in [0.2, 0.25) is 0 Å². The zero-order valence-electron chi connectivity index (χ0n) is 17.3. The number of ether oxygens (including phenoxy) is 3. The van der Waals surface area contributed by atoms with E-state index >= 15 is 0 Å². The molecule has 5 rings (SSSR count). The van der Waals surface area contributed by atoms with Gasteiger partial charge in [0.15, 0.2) is 0 Å². The summed E-state index contributed by atoms with van der Waals surface area (Å²) in [5, 5.41) is 6.64. The topological polar surface area (TPSA) is 60.4 Å². The molecule has 0 aromatic heterocycles. The van der Waals surface area contributed by atoms with Crippen LogP contribution in [-0.4, -0.2) is 37.0 Å². The molecule has 3 aromatic rings. The number of carbonyl (C=O) groups is 1. The summed E-state index contributed by atoms with van der Waals surface area (Å²) >= 11 is 0. The summed E-state index contributed by atoms with van der Waals surface area (Å²) in [5.41, 5.74) is 3.51. The third-order valence-corrected chi connectivity index (χ3v) is 5.72. The second-order valence-electron chi connectivity index (χ2n) is 7.48. The quantitative estimate of drug-likeness (QED) is 0.577. The summed E-state index contributed by atoms with van der Waals surface area (Å²) in [6, 6.07) is 22.7. The number of fused-ring (bicyclic) bond motifs is 3. The van der Waals surface area contributed by atoms with Gasteiger partial charge in [-0.3, -0.25) is 4.79 Å². The van der Waals surface area contributed by atoms with Gasteiger partial charge in [-0.2, -0.15) is 5.10 Å². The van der Waals surface area contributed by atoms with Crippen molar-refractivity contribution in [3.63, 3.8) is 0 Å². The number of hydrogen-bond donors (Lipinski definition) is 0. The number of hydrazone groups is 1. The Morgan fingerprint density at radius 1 is 0.935 bits per heavy atom. The Kier molecular flexibility index (Phi) is 4.82. The van der Waals surface area contributed by atoms with Crippen molar-refractivity contribution in [2.45, 2.75) is 18.7 Å². The van der Waals surface area contributed by atoms with Gasteiger partial charge < -0.3 is 14.2 Å². The molecule has 0 fully saturated rings. The van der Waals surface area contributed by atoms with Crippen molar-refractivity contribution >= 4 is 11.5 Å². The molecular weight excluding hydrogens is 392 g/mol. The molecule has 0 saturated heterocycles. The second kappa shape index (κ2) is 7.80.